The molecule has 1 aromatic heterocycles. The predicted octanol–water partition coefficient (Wildman–Crippen LogP) is 4.18. The number of anilines is 1. The maximum Gasteiger partial charge on any atom is 0.257 e. The van der Waals surface area contributed by atoms with E-state index in [1.165, 1.54) is 11.3 Å². The fourth-order valence-electron chi connectivity index (χ4n) is 3.76. The third kappa shape index (κ3) is 4.32. The van der Waals surface area contributed by atoms with E-state index in [4.69, 9.17) is 17.3 Å². The van der Waals surface area contributed by atoms with E-state index in [-0.39, 0.29) is 5.91 Å². The summed E-state index contributed by atoms with van der Waals surface area (Å²) < 4.78 is 0. The molecule has 1 aliphatic rings. The van der Waals surface area contributed by atoms with Crippen LogP contribution in [0.4, 0.5) is 5.00 Å². The number of hydrogen-bond donors (Lipinski definition) is 2. The molecule has 0 saturated carbocycles. The van der Waals surface area contributed by atoms with Crippen molar-refractivity contribution in [2.75, 3.05) is 11.9 Å². The van der Waals surface area contributed by atoms with E-state index in [1.807, 2.05) is 24.3 Å². The summed E-state index contributed by atoms with van der Waals surface area (Å²) in [5.74, 6) is -0.943. The van der Waals surface area contributed by atoms with Crippen LogP contribution in [-0.2, 0) is 19.5 Å². The van der Waals surface area contributed by atoms with Crippen molar-refractivity contribution < 1.29 is 9.59 Å². The Kier molecular flexibility index (Phi) is 6.05. The van der Waals surface area contributed by atoms with Gasteiger partial charge >= 0.3 is 0 Å². The second-order valence-corrected chi connectivity index (χ2v) is 8.75. The first-order valence-electron chi connectivity index (χ1n) is 9.68. The summed E-state index contributed by atoms with van der Waals surface area (Å²) in [4.78, 5) is 28.1. The van der Waals surface area contributed by atoms with Crippen LogP contribution in [0.25, 0.3) is 0 Å². The molecular formula is C23H19ClN4O2S. The molecule has 4 rings (SSSR count). The zero-order valence-electron chi connectivity index (χ0n) is 16.5. The van der Waals surface area contributed by atoms with Crippen molar-refractivity contribution in [3.8, 4) is 6.07 Å². The number of nitriles is 1. The van der Waals surface area contributed by atoms with E-state index < -0.39 is 5.91 Å². The normalized spacial score (nSPS) is 13.3. The number of thiophene rings is 1. The molecule has 8 heteroatoms. The number of amides is 2. The minimum absolute atomic E-state index is 0.334. The average molecular weight is 451 g/mol. The first kappa shape index (κ1) is 21.1. The predicted molar refractivity (Wildman–Crippen MR) is 121 cm³/mol. The highest BCUT2D eigenvalue weighted by Crippen LogP contribution is 2.37. The molecule has 0 radical (unpaired) electrons. The van der Waals surface area contributed by atoms with E-state index in [2.05, 4.69) is 16.3 Å². The summed E-state index contributed by atoms with van der Waals surface area (Å²) >= 11 is 7.49. The number of fused-ring (bicyclic) bond motifs is 1. The van der Waals surface area contributed by atoms with Gasteiger partial charge in [-0.2, -0.15) is 5.26 Å². The number of carbonyl (C=O) groups excluding carboxylic acids is 2. The van der Waals surface area contributed by atoms with E-state index in [0.29, 0.717) is 46.2 Å². The molecule has 6 nitrogen and oxygen atoms in total. The molecule has 2 heterocycles. The number of halogens is 1. The van der Waals surface area contributed by atoms with Crippen molar-refractivity contribution in [2.45, 2.75) is 19.5 Å². The first-order chi connectivity index (χ1) is 15.0. The van der Waals surface area contributed by atoms with Gasteiger partial charge in [-0.1, -0.05) is 41.9 Å². The summed E-state index contributed by atoms with van der Waals surface area (Å²) in [6.07, 6.45) is 0.640. The van der Waals surface area contributed by atoms with Crippen LogP contribution in [-0.4, -0.2) is 23.3 Å². The van der Waals surface area contributed by atoms with Crippen LogP contribution in [0.5, 0.6) is 0 Å². The van der Waals surface area contributed by atoms with Crippen molar-refractivity contribution in [1.29, 1.82) is 5.26 Å². The number of nitrogens with two attached hydrogens (primary N) is 1. The Morgan fingerprint density at radius 2 is 1.94 bits per heavy atom. The molecule has 0 unspecified atom stereocenters. The van der Waals surface area contributed by atoms with Gasteiger partial charge in [0.2, 0.25) is 0 Å². The molecule has 0 fully saturated rings. The molecular weight excluding hydrogens is 432 g/mol. The summed E-state index contributed by atoms with van der Waals surface area (Å²) in [7, 11) is 0. The van der Waals surface area contributed by atoms with E-state index in [1.54, 1.807) is 24.3 Å². The van der Waals surface area contributed by atoms with Gasteiger partial charge in [0.25, 0.3) is 11.8 Å². The summed E-state index contributed by atoms with van der Waals surface area (Å²) in [6, 6.07) is 16.5. The molecule has 156 valence electrons. The Hall–Kier alpha value is -3.18. The molecule has 1 aliphatic heterocycles. The zero-order chi connectivity index (χ0) is 22.0. The third-order valence-corrected chi connectivity index (χ3v) is 6.72. The van der Waals surface area contributed by atoms with Crippen molar-refractivity contribution in [2.24, 2.45) is 5.73 Å². The molecule has 31 heavy (non-hydrogen) atoms. The molecule has 0 bridgehead atoms. The maximum absolute atomic E-state index is 12.7. The highest BCUT2D eigenvalue weighted by molar-refractivity contribution is 7.17. The zero-order valence-corrected chi connectivity index (χ0v) is 18.1. The molecule has 3 aromatic rings. The number of nitrogens with one attached hydrogen (secondary N) is 1. The fraction of sp³-hybridized carbons (Fsp3) is 0.174. The van der Waals surface area contributed by atoms with Crippen LogP contribution < -0.4 is 11.1 Å². The average Bonchev–Trinajstić information content (AvgIpc) is 3.11. The van der Waals surface area contributed by atoms with Crippen LogP contribution in [0, 0.1) is 11.3 Å². The Balaban J connectivity index is 1.59. The lowest BCUT2D eigenvalue weighted by Gasteiger charge is -2.27. The second kappa shape index (κ2) is 8.90. The lowest BCUT2D eigenvalue weighted by molar-refractivity contribution is 0.0999. The number of nitrogens with zero attached hydrogens (tertiary/aromatic N) is 2. The van der Waals surface area contributed by atoms with E-state index in [9.17, 15) is 14.9 Å². The van der Waals surface area contributed by atoms with Gasteiger partial charge in [-0.25, -0.2) is 0 Å². The summed E-state index contributed by atoms with van der Waals surface area (Å²) in [5.41, 5.74) is 8.88. The number of carbonyl (C=O) groups is 2. The molecule has 2 amide bonds. The van der Waals surface area contributed by atoms with Crippen molar-refractivity contribution in [3.05, 3.63) is 86.2 Å². The van der Waals surface area contributed by atoms with Gasteiger partial charge in [-0.15, -0.1) is 11.3 Å². The lowest BCUT2D eigenvalue weighted by atomic mass is 10.0. The highest BCUT2D eigenvalue weighted by atomic mass is 35.5. The monoisotopic (exact) mass is 450 g/mol. The Labute approximate surface area is 188 Å². The van der Waals surface area contributed by atoms with Crippen molar-refractivity contribution >= 4 is 39.8 Å². The van der Waals surface area contributed by atoms with Crippen LogP contribution in [0.2, 0.25) is 5.02 Å². The van der Waals surface area contributed by atoms with Crippen molar-refractivity contribution in [3.63, 3.8) is 0 Å². The number of primary amides is 1. The molecule has 0 saturated heterocycles. The SMILES string of the molecule is N#Cc1ccccc1CN1CCc2c(sc(NC(=O)c3ccccc3Cl)c2C(N)=O)C1. The topological polar surface area (TPSA) is 99.2 Å². The van der Waals surface area contributed by atoms with E-state index in [0.717, 1.165) is 22.5 Å². The summed E-state index contributed by atoms with van der Waals surface area (Å²) in [6.45, 7) is 1.97. The summed E-state index contributed by atoms with van der Waals surface area (Å²) in [5, 5.41) is 12.9. The van der Waals surface area contributed by atoms with Gasteiger partial charge in [0.05, 0.1) is 27.8 Å². The van der Waals surface area contributed by atoms with Gasteiger partial charge in [-0.05, 0) is 35.7 Å². The standard InChI is InChI=1S/C23H19ClN4O2S/c24-18-8-4-3-7-16(18)22(30)27-23-20(21(26)29)17-9-10-28(13-19(17)31-23)12-15-6-2-1-5-14(15)11-25/h1-8H,9-10,12-13H2,(H2,26,29)(H,27,30). The molecule has 0 atom stereocenters. The minimum atomic E-state index is -0.560. The van der Waals surface area contributed by atoms with Crippen LogP contribution in [0.15, 0.2) is 48.5 Å². The van der Waals surface area contributed by atoms with Gasteiger partial charge < -0.3 is 11.1 Å². The molecule has 3 N–H and O–H groups in total. The third-order valence-electron chi connectivity index (χ3n) is 5.26. The van der Waals surface area contributed by atoms with Crippen LogP contribution in [0.1, 0.15) is 42.3 Å². The van der Waals surface area contributed by atoms with Gasteiger partial charge in [-0.3, -0.25) is 14.5 Å². The van der Waals surface area contributed by atoms with Crippen LogP contribution in [0.3, 0.4) is 0 Å². The van der Waals surface area contributed by atoms with Gasteiger partial charge in [0.15, 0.2) is 0 Å². The highest BCUT2D eigenvalue weighted by Gasteiger charge is 2.28. The largest absolute Gasteiger partial charge is 0.365 e. The lowest BCUT2D eigenvalue weighted by Crippen LogP contribution is -2.30. The Morgan fingerprint density at radius 1 is 1.19 bits per heavy atom. The number of hydrogen-bond acceptors (Lipinski definition) is 5. The van der Waals surface area contributed by atoms with Gasteiger partial charge in [0, 0.05) is 24.5 Å². The number of benzene rings is 2. The second-order valence-electron chi connectivity index (χ2n) is 7.24. The van der Waals surface area contributed by atoms with Crippen LogP contribution >= 0.6 is 22.9 Å². The Morgan fingerprint density at radius 3 is 2.68 bits per heavy atom. The van der Waals surface area contributed by atoms with Crippen molar-refractivity contribution in [1.82, 2.24) is 4.90 Å². The molecule has 0 spiro atoms. The first-order valence-corrected chi connectivity index (χ1v) is 10.9. The van der Waals surface area contributed by atoms with Gasteiger partial charge in [0.1, 0.15) is 5.00 Å². The molecule has 0 aliphatic carbocycles. The minimum Gasteiger partial charge on any atom is -0.365 e. The Bertz CT molecular complexity index is 1210. The van der Waals surface area contributed by atoms with E-state index >= 15 is 0 Å². The number of rotatable bonds is 5. The maximum atomic E-state index is 12.7. The smallest absolute Gasteiger partial charge is 0.257 e. The molecule has 2 aromatic carbocycles. The fourth-order valence-corrected chi connectivity index (χ4v) is 5.28. The quantitative estimate of drug-likeness (QED) is 0.609.